The molecule has 0 bridgehead atoms. The van der Waals surface area contributed by atoms with Crippen LogP contribution in [0.15, 0.2) is 24.4 Å². The van der Waals surface area contributed by atoms with Crippen molar-refractivity contribution in [3.63, 3.8) is 0 Å². The highest BCUT2D eigenvalue weighted by Gasteiger charge is 2.29. The molecule has 5 heteroatoms. The molecule has 1 aliphatic carbocycles. The predicted molar refractivity (Wildman–Crippen MR) is 83.3 cm³/mol. The average Bonchev–Trinajstić information content (AvgIpc) is 2.49. The maximum Gasteiger partial charge on any atom is 0.308 e. The number of hydrogen-bond donors (Lipinski definition) is 2. The Bertz CT molecular complexity index is 490. The van der Waals surface area contributed by atoms with E-state index < -0.39 is 11.9 Å². The van der Waals surface area contributed by atoms with Crippen molar-refractivity contribution in [1.29, 1.82) is 0 Å². The summed E-state index contributed by atoms with van der Waals surface area (Å²) < 4.78 is 0. The third-order valence-electron chi connectivity index (χ3n) is 4.26. The van der Waals surface area contributed by atoms with Crippen molar-refractivity contribution in [3.8, 4) is 0 Å². The van der Waals surface area contributed by atoms with Gasteiger partial charge in [-0.15, -0.1) is 0 Å². The van der Waals surface area contributed by atoms with Gasteiger partial charge in [-0.1, -0.05) is 31.7 Å². The summed E-state index contributed by atoms with van der Waals surface area (Å²) in [4.78, 5) is 27.7. The second-order valence-electron chi connectivity index (χ2n) is 5.93. The molecule has 2 rings (SSSR count). The molecule has 1 aromatic rings. The molecule has 22 heavy (non-hydrogen) atoms. The Morgan fingerprint density at radius 3 is 2.64 bits per heavy atom. The smallest absolute Gasteiger partial charge is 0.308 e. The second kappa shape index (κ2) is 8.51. The molecule has 0 aliphatic heterocycles. The van der Waals surface area contributed by atoms with Crippen LogP contribution in [0, 0.1) is 5.92 Å². The average molecular weight is 304 g/mol. The molecule has 1 fully saturated rings. The van der Waals surface area contributed by atoms with Gasteiger partial charge in [0.1, 0.15) is 0 Å². The molecule has 1 amide bonds. The van der Waals surface area contributed by atoms with Crippen molar-refractivity contribution < 1.29 is 14.7 Å². The van der Waals surface area contributed by atoms with E-state index in [1.54, 1.807) is 6.20 Å². The highest BCUT2D eigenvalue weighted by atomic mass is 16.4. The fraction of sp³-hybridized carbons (Fsp3) is 0.588. The third kappa shape index (κ3) is 5.13. The number of nitrogens with zero attached hydrogens (tertiary/aromatic N) is 1. The number of aromatic nitrogens is 1. The van der Waals surface area contributed by atoms with Crippen LogP contribution in [0.2, 0.25) is 0 Å². The molecule has 0 aromatic carbocycles. The van der Waals surface area contributed by atoms with Crippen molar-refractivity contribution in [2.75, 3.05) is 0 Å². The zero-order valence-corrected chi connectivity index (χ0v) is 12.8. The number of carboxylic acid groups (broad SMARTS) is 1. The Balaban J connectivity index is 1.87. The Hall–Kier alpha value is -1.91. The molecule has 1 aromatic heterocycles. The molecular formula is C17H24N2O3. The van der Waals surface area contributed by atoms with Crippen molar-refractivity contribution in [1.82, 2.24) is 10.3 Å². The van der Waals surface area contributed by atoms with E-state index in [0.717, 1.165) is 37.8 Å². The van der Waals surface area contributed by atoms with E-state index >= 15 is 0 Å². The first-order valence-corrected chi connectivity index (χ1v) is 8.09. The number of carbonyl (C=O) groups excluding carboxylic acids is 1. The molecule has 2 atom stereocenters. The second-order valence-corrected chi connectivity index (χ2v) is 5.93. The fourth-order valence-electron chi connectivity index (χ4n) is 3.02. The number of aliphatic carboxylic acids is 1. The molecule has 0 radical (unpaired) electrons. The van der Waals surface area contributed by atoms with Crippen molar-refractivity contribution in [2.24, 2.45) is 5.92 Å². The van der Waals surface area contributed by atoms with Gasteiger partial charge in [-0.05, 0) is 31.4 Å². The summed E-state index contributed by atoms with van der Waals surface area (Å²) in [5.74, 6) is -1.33. The van der Waals surface area contributed by atoms with Gasteiger partial charge < -0.3 is 10.4 Å². The molecule has 5 nitrogen and oxygen atoms in total. The standard InChI is InChI=1S/C17H24N2O3/c20-16(11-10-13-7-5-6-12-18-13)19-15-9-4-2-1-3-8-14(15)17(21)22/h5-7,12,14-15H,1-4,8-11H2,(H,19,20)(H,21,22). The number of aryl methyl sites for hydroxylation is 1. The monoisotopic (exact) mass is 304 g/mol. The molecule has 1 heterocycles. The van der Waals surface area contributed by atoms with Gasteiger partial charge in [0.25, 0.3) is 0 Å². The van der Waals surface area contributed by atoms with Crippen LogP contribution in [-0.4, -0.2) is 28.0 Å². The molecule has 2 unspecified atom stereocenters. The first-order chi connectivity index (χ1) is 10.7. The van der Waals surface area contributed by atoms with Crippen LogP contribution >= 0.6 is 0 Å². The Kier molecular flexibility index (Phi) is 6.37. The van der Waals surface area contributed by atoms with Crippen LogP contribution in [0.3, 0.4) is 0 Å². The summed E-state index contributed by atoms with van der Waals surface area (Å²) >= 11 is 0. The Labute approximate surface area is 131 Å². The summed E-state index contributed by atoms with van der Waals surface area (Å²) in [5, 5.41) is 12.3. The maximum absolute atomic E-state index is 12.1. The summed E-state index contributed by atoms with van der Waals surface area (Å²) in [6, 6.07) is 5.39. The normalized spacial score (nSPS) is 22.4. The van der Waals surface area contributed by atoms with Gasteiger partial charge in [0, 0.05) is 24.4 Å². The van der Waals surface area contributed by atoms with Crippen molar-refractivity contribution in [3.05, 3.63) is 30.1 Å². The van der Waals surface area contributed by atoms with Crippen LogP contribution in [0.5, 0.6) is 0 Å². The minimum absolute atomic E-state index is 0.0810. The highest BCUT2D eigenvalue weighted by Crippen LogP contribution is 2.23. The van der Waals surface area contributed by atoms with Crippen LogP contribution < -0.4 is 5.32 Å². The van der Waals surface area contributed by atoms with Gasteiger partial charge in [0.05, 0.1) is 5.92 Å². The van der Waals surface area contributed by atoms with Crippen molar-refractivity contribution >= 4 is 11.9 Å². The lowest BCUT2D eigenvalue weighted by molar-refractivity contribution is -0.143. The summed E-state index contributed by atoms with van der Waals surface area (Å²) in [6.45, 7) is 0. The molecular weight excluding hydrogens is 280 g/mol. The lowest BCUT2D eigenvalue weighted by Gasteiger charge is -2.27. The van der Waals surface area contributed by atoms with Gasteiger partial charge in [0.15, 0.2) is 0 Å². The van der Waals surface area contributed by atoms with Gasteiger partial charge in [-0.2, -0.15) is 0 Å². The topological polar surface area (TPSA) is 79.3 Å². The predicted octanol–water partition coefficient (Wildman–Crippen LogP) is 2.55. The van der Waals surface area contributed by atoms with E-state index in [1.165, 1.54) is 0 Å². The SMILES string of the molecule is O=C(CCc1ccccn1)NC1CCCCCCC1C(=O)O. The van der Waals surface area contributed by atoms with E-state index in [9.17, 15) is 14.7 Å². The quantitative estimate of drug-likeness (QED) is 0.876. The van der Waals surface area contributed by atoms with Gasteiger partial charge >= 0.3 is 5.97 Å². The zero-order chi connectivity index (χ0) is 15.8. The van der Waals surface area contributed by atoms with Crippen LogP contribution in [0.4, 0.5) is 0 Å². The van der Waals surface area contributed by atoms with Gasteiger partial charge in [-0.25, -0.2) is 0 Å². The molecule has 1 aliphatic rings. The number of nitrogens with one attached hydrogen (secondary N) is 1. The fourth-order valence-corrected chi connectivity index (χ4v) is 3.02. The Morgan fingerprint density at radius 1 is 1.18 bits per heavy atom. The number of carboxylic acids is 1. The van der Waals surface area contributed by atoms with E-state index in [2.05, 4.69) is 10.3 Å². The molecule has 2 N–H and O–H groups in total. The molecule has 120 valence electrons. The van der Waals surface area contributed by atoms with Crippen molar-refractivity contribution in [2.45, 2.75) is 57.4 Å². The van der Waals surface area contributed by atoms with Crippen LogP contribution in [0.1, 0.15) is 50.6 Å². The zero-order valence-electron chi connectivity index (χ0n) is 12.8. The number of carbonyl (C=O) groups is 2. The number of rotatable bonds is 5. The minimum atomic E-state index is -0.795. The molecule has 1 saturated carbocycles. The Morgan fingerprint density at radius 2 is 1.95 bits per heavy atom. The van der Waals surface area contributed by atoms with E-state index in [1.807, 2.05) is 18.2 Å². The van der Waals surface area contributed by atoms with Gasteiger partial charge in [0.2, 0.25) is 5.91 Å². The molecule has 0 spiro atoms. The molecule has 0 saturated heterocycles. The largest absolute Gasteiger partial charge is 0.481 e. The number of hydrogen-bond acceptors (Lipinski definition) is 3. The van der Waals surface area contributed by atoms with E-state index in [4.69, 9.17) is 0 Å². The van der Waals surface area contributed by atoms with Gasteiger partial charge in [-0.3, -0.25) is 14.6 Å². The minimum Gasteiger partial charge on any atom is -0.481 e. The van der Waals surface area contributed by atoms with Crippen LogP contribution in [-0.2, 0) is 16.0 Å². The lowest BCUT2D eigenvalue weighted by atomic mass is 9.86. The summed E-state index contributed by atoms with van der Waals surface area (Å²) in [7, 11) is 0. The van der Waals surface area contributed by atoms with Crippen LogP contribution in [0.25, 0.3) is 0 Å². The summed E-state index contributed by atoms with van der Waals surface area (Å²) in [6.07, 6.45) is 8.16. The summed E-state index contributed by atoms with van der Waals surface area (Å²) in [5.41, 5.74) is 0.880. The first-order valence-electron chi connectivity index (χ1n) is 8.09. The van der Waals surface area contributed by atoms with E-state index in [-0.39, 0.29) is 11.9 Å². The van der Waals surface area contributed by atoms with E-state index in [0.29, 0.717) is 19.3 Å². The lowest BCUT2D eigenvalue weighted by Crippen LogP contribution is -2.44. The third-order valence-corrected chi connectivity index (χ3v) is 4.26. The first kappa shape index (κ1) is 16.5. The number of amides is 1. The highest BCUT2D eigenvalue weighted by molar-refractivity contribution is 5.78. The number of pyridine rings is 1. The maximum atomic E-state index is 12.1.